The number of nitrogens with zero attached hydrogens (tertiary/aromatic N) is 1. The van der Waals surface area contributed by atoms with Gasteiger partial charge in [-0.15, -0.1) is 0 Å². The van der Waals surface area contributed by atoms with E-state index in [0.717, 1.165) is 5.56 Å². The molecule has 0 bridgehead atoms. The van der Waals surface area contributed by atoms with Gasteiger partial charge in [-0.2, -0.15) is 4.99 Å². The third-order valence-electron chi connectivity index (χ3n) is 1.58. The van der Waals surface area contributed by atoms with Gasteiger partial charge in [-0.25, -0.2) is 4.79 Å². The van der Waals surface area contributed by atoms with Crippen molar-refractivity contribution in [1.29, 1.82) is 0 Å². The van der Waals surface area contributed by atoms with Crippen molar-refractivity contribution in [2.24, 2.45) is 4.99 Å². The summed E-state index contributed by atoms with van der Waals surface area (Å²) in [6, 6.07) is 5.46. The van der Waals surface area contributed by atoms with Crippen molar-refractivity contribution in [1.82, 2.24) is 0 Å². The van der Waals surface area contributed by atoms with Gasteiger partial charge in [-0.1, -0.05) is 12.1 Å². The molecular formula is C9H9NO2. The van der Waals surface area contributed by atoms with Crippen molar-refractivity contribution >= 4 is 11.8 Å². The molecule has 3 heteroatoms. The molecule has 3 nitrogen and oxygen atoms in total. The Labute approximate surface area is 70.7 Å². The van der Waals surface area contributed by atoms with Crippen molar-refractivity contribution in [2.75, 3.05) is 7.11 Å². The first-order valence-corrected chi connectivity index (χ1v) is 3.51. The predicted molar refractivity (Wildman–Crippen MR) is 45.5 cm³/mol. The zero-order valence-electron chi connectivity index (χ0n) is 7.00. The van der Waals surface area contributed by atoms with Gasteiger partial charge in [-0.05, 0) is 18.6 Å². The van der Waals surface area contributed by atoms with Gasteiger partial charge >= 0.3 is 0 Å². The average molecular weight is 163 g/mol. The number of hydrogen-bond donors (Lipinski definition) is 0. The van der Waals surface area contributed by atoms with Gasteiger partial charge in [-0.3, -0.25) is 0 Å². The van der Waals surface area contributed by atoms with E-state index in [1.165, 1.54) is 6.08 Å². The lowest BCUT2D eigenvalue weighted by atomic mass is 10.2. The van der Waals surface area contributed by atoms with Crippen LogP contribution < -0.4 is 4.74 Å². The third-order valence-corrected chi connectivity index (χ3v) is 1.58. The van der Waals surface area contributed by atoms with Gasteiger partial charge < -0.3 is 4.74 Å². The molecule has 0 spiro atoms. The second-order valence-corrected chi connectivity index (χ2v) is 2.33. The van der Waals surface area contributed by atoms with Gasteiger partial charge in [0.1, 0.15) is 11.4 Å². The number of ether oxygens (including phenoxy) is 1. The second-order valence-electron chi connectivity index (χ2n) is 2.33. The lowest BCUT2D eigenvalue weighted by Crippen LogP contribution is -1.84. The highest BCUT2D eigenvalue weighted by molar-refractivity contribution is 5.61. The van der Waals surface area contributed by atoms with Crippen LogP contribution in [0.15, 0.2) is 23.2 Å². The molecule has 0 radical (unpaired) electrons. The van der Waals surface area contributed by atoms with Crippen LogP contribution in [0.2, 0.25) is 0 Å². The average Bonchev–Trinajstić information content (AvgIpc) is 2.09. The SMILES string of the molecule is COc1cccc(C)c1N=C=O. The highest BCUT2D eigenvalue weighted by atomic mass is 16.5. The van der Waals surface area contributed by atoms with Crippen LogP contribution >= 0.6 is 0 Å². The molecule has 0 aliphatic heterocycles. The summed E-state index contributed by atoms with van der Waals surface area (Å²) in [5.74, 6) is 0.596. The maximum atomic E-state index is 10.0. The van der Waals surface area contributed by atoms with Crippen LogP contribution in [-0.4, -0.2) is 13.2 Å². The maximum Gasteiger partial charge on any atom is 0.240 e. The van der Waals surface area contributed by atoms with Gasteiger partial charge in [0.2, 0.25) is 6.08 Å². The molecule has 0 saturated carbocycles. The van der Waals surface area contributed by atoms with Crippen LogP contribution in [0.5, 0.6) is 5.75 Å². The molecule has 1 aromatic carbocycles. The Hall–Kier alpha value is -1.60. The quantitative estimate of drug-likeness (QED) is 0.494. The Morgan fingerprint density at radius 1 is 1.50 bits per heavy atom. The first kappa shape index (κ1) is 8.50. The van der Waals surface area contributed by atoms with Crippen molar-refractivity contribution in [3.05, 3.63) is 23.8 Å². The van der Waals surface area contributed by atoms with Gasteiger partial charge in [0.15, 0.2) is 0 Å². The molecule has 0 unspecified atom stereocenters. The molecule has 12 heavy (non-hydrogen) atoms. The summed E-state index contributed by atoms with van der Waals surface area (Å²) in [7, 11) is 1.54. The van der Waals surface area contributed by atoms with Crippen LogP contribution in [0.4, 0.5) is 5.69 Å². The van der Waals surface area contributed by atoms with E-state index in [1.54, 1.807) is 13.2 Å². The van der Waals surface area contributed by atoms with Crippen LogP contribution in [0.1, 0.15) is 5.56 Å². The van der Waals surface area contributed by atoms with E-state index >= 15 is 0 Å². The Morgan fingerprint density at radius 2 is 2.25 bits per heavy atom. The smallest absolute Gasteiger partial charge is 0.240 e. The summed E-state index contributed by atoms with van der Waals surface area (Å²) < 4.78 is 5.01. The summed E-state index contributed by atoms with van der Waals surface area (Å²) in [6.45, 7) is 1.86. The molecule has 0 atom stereocenters. The van der Waals surface area contributed by atoms with E-state index in [0.29, 0.717) is 11.4 Å². The van der Waals surface area contributed by atoms with Crippen molar-refractivity contribution < 1.29 is 9.53 Å². The number of aryl methyl sites for hydroxylation is 1. The fourth-order valence-corrected chi connectivity index (χ4v) is 0.986. The second kappa shape index (κ2) is 3.69. The number of hydrogen-bond acceptors (Lipinski definition) is 3. The highest BCUT2D eigenvalue weighted by Crippen LogP contribution is 2.29. The molecule has 1 aromatic rings. The van der Waals surface area contributed by atoms with Crippen molar-refractivity contribution in [3.8, 4) is 5.75 Å². The molecule has 0 aromatic heterocycles. The van der Waals surface area contributed by atoms with E-state index in [9.17, 15) is 4.79 Å². The fourth-order valence-electron chi connectivity index (χ4n) is 0.986. The molecule has 0 heterocycles. The molecule has 1 rings (SSSR count). The lowest BCUT2D eigenvalue weighted by Gasteiger charge is -2.04. The van der Waals surface area contributed by atoms with E-state index < -0.39 is 0 Å². The highest BCUT2D eigenvalue weighted by Gasteiger charge is 2.02. The summed E-state index contributed by atoms with van der Waals surface area (Å²) in [5.41, 5.74) is 1.45. The van der Waals surface area contributed by atoms with Crippen molar-refractivity contribution in [3.63, 3.8) is 0 Å². The Morgan fingerprint density at radius 3 is 2.83 bits per heavy atom. The topological polar surface area (TPSA) is 38.7 Å². The minimum absolute atomic E-state index is 0.551. The monoisotopic (exact) mass is 163 g/mol. The summed E-state index contributed by atoms with van der Waals surface area (Å²) >= 11 is 0. The van der Waals surface area contributed by atoms with Crippen LogP contribution in [0.3, 0.4) is 0 Å². The Bertz CT molecular complexity index is 327. The van der Waals surface area contributed by atoms with E-state index in [2.05, 4.69) is 4.99 Å². The maximum absolute atomic E-state index is 10.0. The predicted octanol–water partition coefficient (Wildman–Crippen LogP) is 1.97. The third kappa shape index (κ3) is 1.52. The standard InChI is InChI=1S/C9H9NO2/c1-7-4-3-5-8(12-2)9(7)10-6-11/h3-5H,1-2H3. The number of para-hydroxylation sites is 1. The van der Waals surface area contributed by atoms with Crippen molar-refractivity contribution in [2.45, 2.75) is 6.92 Å². The van der Waals surface area contributed by atoms with Gasteiger partial charge in [0.05, 0.1) is 7.11 Å². The number of aliphatic imine (C=N–C) groups is 1. The lowest BCUT2D eigenvalue weighted by molar-refractivity contribution is 0.416. The molecule has 0 saturated heterocycles. The molecule has 0 aliphatic rings. The minimum atomic E-state index is 0.551. The van der Waals surface area contributed by atoms with Crippen LogP contribution in [0.25, 0.3) is 0 Å². The van der Waals surface area contributed by atoms with E-state index in [4.69, 9.17) is 4.74 Å². The number of benzene rings is 1. The Kier molecular flexibility index (Phi) is 2.62. The fraction of sp³-hybridized carbons (Fsp3) is 0.222. The Balaban J connectivity index is 3.28. The molecule has 62 valence electrons. The zero-order chi connectivity index (χ0) is 8.97. The van der Waals surface area contributed by atoms with Gasteiger partial charge in [0.25, 0.3) is 0 Å². The number of methoxy groups -OCH3 is 1. The largest absolute Gasteiger partial charge is 0.494 e. The molecule has 0 amide bonds. The number of rotatable bonds is 2. The first-order valence-electron chi connectivity index (χ1n) is 3.51. The summed E-state index contributed by atoms with van der Waals surface area (Å²) in [6.07, 6.45) is 1.49. The van der Waals surface area contributed by atoms with Crippen LogP contribution in [0, 0.1) is 6.92 Å². The number of carbonyl (C=O) groups excluding carboxylic acids is 1. The normalized spacial score (nSPS) is 8.83. The molecule has 0 N–H and O–H groups in total. The van der Waals surface area contributed by atoms with Gasteiger partial charge in [0, 0.05) is 0 Å². The molecule has 0 fully saturated rings. The summed E-state index contributed by atoms with van der Waals surface area (Å²) in [4.78, 5) is 13.6. The zero-order valence-corrected chi connectivity index (χ0v) is 7.00. The first-order chi connectivity index (χ1) is 5.79. The molecular weight excluding hydrogens is 154 g/mol. The van der Waals surface area contributed by atoms with E-state index in [1.807, 2.05) is 19.1 Å². The number of isocyanates is 1. The minimum Gasteiger partial charge on any atom is -0.494 e. The van der Waals surface area contributed by atoms with Crippen LogP contribution in [-0.2, 0) is 4.79 Å². The summed E-state index contributed by atoms with van der Waals surface area (Å²) in [5, 5.41) is 0. The molecule has 0 aliphatic carbocycles. The van der Waals surface area contributed by atoms with E-state index in [-0.39, 0.29) is 0 Å².